The number of amides is 1. The molecule has 1 aliphatic rings. The number of alkyl halides is 3. The molecule has 1 aromatic heterocycles. The Bertz CT molecular complexity index is 1440. The van der Waals surface area contributed by atoms with Gasteiger partial charge in [-0.05, 0) is 67.9 Å². The molecule has 0 aliphatic carbocycles. The van der Waals surface area contributed by atoms with E-state index >= 15 is 0 Å². The lowest BCUT2D eigenvalue weighted by atomic mass is 10.1. The van der Waals surface area contributed by atoms with Gasteiger partial charge < -0.3 is 19.1 Å². The maximum atomic E-state index is 13.7. The number of carbonyl (C=O) groups excluding carboxylic acids is 1. The van der Waals surface area contributed by atoms with E-state index in [-0.39, 0.29) is 5.91 Å². The highest BCUT2D eigenvalue weighted by atomic mass is 19.4. The average Bonchev–Trinajstić information content (AvgIpc) is 3.30. The Labute approximate surface area is 226 Å². The first-order valence-corrected chi connectivity index (χ1v) is 13.0. The van der Waals surface area contributed by atoms with E-state index in [2.05, 4.69) is 4.57 Å². The maximum absolute atomic E-state index is 13.7. The smallest absolute Gasteiger partial charge is 0.416 e. The lowest BCUT2D eigenvalue weighted by Gasteiger charge is -2.36. The van der Waals surface area contributed by atoms with Crippen LogP contribution in [-0.2, 0) is 6.18 Å². The van der Waals surface area contributed by atoms with E-state index in [0.717, 1.165) is 34.5 Å². The highest BCUT2D eigenvalue weighted by Gasteiger charge is 2.32. The Morgan fingerprint density at radius 1 is 0.846 bits per heavy atom. The summed E-state index contributed by atoms with van der Waals surface area (Å²) in [5.41, 5.74) is 4.09. The zero-order valence-corrected chi connectivity index (χ0v) is 21.9. The molecule has 8 heteroatoms. The highest BCUT2D eigenvalue weighted by molar-refractivity contribution is 5.97. The Balaban J connectivity index is 1.40. The van der Waals surface area contributed by atoms with Crippen molar-refractivity contribution in [3.63, 3.8) is 0 Å². The van der Waals surface area contributed by atoms with Crippen LogP contribution in [0.15, 0.2) is 84.9 Å². The van der Waals surface area contributed by atoms with Gasteiger partial charge in [0.25, 0.3) is 5.91 Å². The monoisotopic (exact) mass is 533 g/mol. The van der Waals surface area contributed by atoms with Gasteiger partial charge in [0.05, 0.1) is 23.4 Å². The van der Waals surface area contributed by atoms with Crippen LogP contribution in [-0.4, -0.2) is 48.2 Å². The second kappa shape index (κ2) is 10.9. The number of halogens is 3. The number of carbonyl (C=O) groups is 1. The standard InChI is InChI=1S/C31H30F3N3O2/c1-3-39-27-14-12-25(13-15-27)37-22(2)28(21-29(37)23-8-5-4-6-9-23)30(38)36-18-16-35(17-19-36)26-11-7-10-24(20-26)31(32,33)34/h4-15,20-21H,3,16-19H2,1-2H3. The minimum absolute atomic E-state index is 0.0851. The van der Waals surface area contributed by atoms with Crippen molar-refractivity contribution < 1.29 is 22.7 Å². The van der Waals surface area contributed by atoms with Gasteiger partial charge in [-0.2, -0.15) is 13.2 Å². The van der Waals surface area contributed by atoms with Crippen LogP contribution in [0.4, 0.5) is 18.9 Å². The van der Waals surface area contributed by atoms with Gasteiger partial charge in [0, 0.05) is 43.2 Å². The van der Waals surface area contributed by atoms with Crippen molar-refractivity contribution >= 4 is 11.6 Å². The predicted molar refractivity (Wildman–Crippen MR) is 147 cm³/mol. The van der Waals surface area contributed by atoms with Crippen molar-refractivity contribution in [1.82, 2.24) is 9.47 Å². The van der Waals surface area contributed by atoms with Crippen LogP contribution in [0.25, 0.3) is 16.9 Å². The molecule has 1 fully saturated rings. The molecule has 0 radical (unpaired) electrons. The van der Waals surface area contributed by atoms with Crippen LogP contribution in [0, 0.1) is 6.92 Å². The molecule has 0 saturated carbocycles. The molecule has 0 bridgehead atoms. The summed E-state index contributed by atoms with van der Waals surface area (Å²) in [7, 11) is 0. The SMILES string of the molecule is CCOc1ccc(-n2c(-c3ccccc3)cc(C(=O)N3CCN(c4cccc(C(F)(F)F)c4)CC3)c2C)cc1. The third-order valence-corrected chi connectivity index (χ3v) is 7.06. The normalized spacial score (nSPS) is 14.0. The molecule has 0 N–H and O–H groups in total. The molecular formula is C31H30F3N3O2. The summed E-state index contributed by atoms with van der Waals surface area (Å²) in [6.45, 7) is 6.21. The second-order valence-corrected chi connectivity index (χ2v) is 9.48. The molecule has 4 aromatic rings. The van der Waals surface area contributed by atoms with Gasteiger partial charge in [-0.15, -0.1) is 0 Å². The van der Waals surface area contributed by atoms with Crippen LogP contribution >= 0.6 is 0 Å². The van der Waals surface area contributed by atoms with Gasteiger partial charge in [0.1, 0.15) is 5.75 Å². The number of anilines is 1. The van der Waals surface area contributed by atoms with E-state index in [0.29, 0.717) is 44.0 Å². The molecule has 3 aromatic carbocycles. The van der Waals surface area contributed by atoms with E-state index in [4.69, 9.17) is 4.74 Å². The zero-order valence-electron chi connectivity index (χ0n) is 21.9. The second-order valence-electron chi connectivity index (χ2n) is 9.48. The van der Waals surface area contributed by atoms with Crippen LogP contribution in [0.1, 0.15) is 28.5 Å². The van der Waals surface area contributed by atoms with Gasteiger partial charge in [-0.25, -0.2) is 0 Å². The lowest BCUT2D eigenvalue weighted by molar-refractivity contribution is -0.137. The maximum Gasteiger partial charge on any atom is 0.416 e. The Kier molecular flexibility index (Phi) is 7.37. The molecule has 1 aliphatic heterocycles. The number of hydrogen-bond donors (Lipinski definition) is 0. The first-order chi connectivity index (χ1) is 18.8. The number of aromatic nitrogens is 1. The third-order valence-electron chi connectivity index (χ3n) is 7.06. The number of benzene rings is 3. The van der Waals surface area contributed by atoms with Crippen molar-refractivity contribution in [2.75, 3.05) is 37.7 Å². The topological polar surface area (TPSA) is 37.7 Å². The molecular weight excluding hydrogens is 503 g/mol. The summed E-state index contributed by atoms with van der Waals surface area (Å²) < 4.78 is 47.2. The molecule has 202 valence electrons. The van der Waals surface area contributed by atoms with E-state index in [9.17, 15) is 18.0 Å². The Morgan fingerprint density at radius 3 is 2.18 bits per heavy atom. The van der Waals surface area contributed by atoms with Gasteiger partial charge in [-0.1, -0.05) is 36.4 Å². The van der Waals surface area contributed by atoms with E-state index in [1.165, 1.54) is 12.1 Å². The quantitative estimate of drug-likeness (QED) is 0.273. The molecule has 5 nitrogen and oxygen atoms in total. The Morgan fingerprint density at radius 2 is 1.54 bits per heavy atom. The average molecular weight is 534 g/mol. The molecule has 2 heterocycles. The van der Waals surface area contributed by atoms with Crippen molar-refractivity contribution in [2.45, 2.75) is 20.0 Å². The zero-order chi connectivity index (χ0) is 27.6. The van der Waals surface area contributed by atoms with Crippen LogP contribution < -0.4 is 9.64 Å². The predicted octanol–water partition coefficient (Wildman–Crippen LogP) is 6.83. The largest absolute Gasteiger partial charge is 0.494 e. The van der Waals surface area contributed by atoms with Crippen molar-refractivity contribution in [2.24, 2.45) is 0 Å². The van der Waals surface area contributed by atoms with E-state index in [1.807, 2.05) is 79.4 Å². The summed E-state index contributed by atoms with van der Waals surface area (Å²) >= 11 is 0. The summed E-state index contributed by atoms with van der Waals surface area (Å²) in [4.78, 5) is 17.4. The van der Waals surface area contributed by atoms with E-state index < -0.39 is 11.7 Å². The van der Waals surface area contributed by atoms with Crippen molar-refractivity contribution in [3.8, 4) is 22.7 Å². The van der Waals surface area contributed by atoms with E-state index in [1.54, 1.807) is 11.0 Å². The molecule has 0 atom stereocenters. The molecule has 0 spiro atoms. The van der Waals surface area contributed by atoms with Gasteiger partial charge in [0.2, 0.25) is 0 Å². The van der Waals surface area contributed by atoms with Crippen molar-refractivity contribution in [3.05, 3.63) is 102 Å². The van der Waals surface area contributed by atoms with Crippen molar-refractivity contribution in [1.29, 1.82) is 0 Å². The first kappa shape index (κ1) is 26.4. The molecule has 1 amide bonds. The molecule has 1 saturated heterocycles. The van der Waals surface area contributed by atoms with Crippen LogP contribution in [0.5, 0.6) is 5.75 Å². The van der Waals surface area contributed by atoms with Gasteiger partial charge >= 0.3 is 6.18 Å². The number of ether oxygens (including phenoxy) is 1. The molecule has 5 rings (SSSR count). The fraction of sp³-hybridized carbons (Fsp3) is 0.258. The van der Waals surface area contributed by atoms with Crippen LogP contribution in [0.2, 0.25) is 0 Å². The summed E-state index contributed by atoms with van der Waals surface area (Å²) in [6, 6.07) is 25.0. The third kappa shape index (κ3) is 5.50. The summed E-state index contributed by atoms with van der Waals surface area (Å²) in [5.74, 6) is 0.695. The fourth-order valence-electron chi connectivity index (χ4n) is 5.05. The number of nitrogens with zero attached hydrogens (tertiary/aromatic N) is 3. The molecule has 0 unspecified atom stereocenters. The fourth-order valence-corrected chi connectivity index (χ4v) is 5.05. The van der Waals surface area contributed by atoms with Gasteiger partial charge in [0.15, 0.2) is 0 Å². The molecule has 39 heavy (non-hydrogen) atoms. The number of hydrogen-bond acceptors (Lipinski definition) is 3. The summed E-state index contributed by atoms with van der Waals surface area (Å²) in [5, 5.41) is 0. The van der Waals surface area contributed by atoms with Gasteiger partial charge in [-0.3, -0.25) is 4.79 Å². The highest BCUT2D eigenvalue weighted by Crippen LogP contribution is 2.33. The minimum Gasteiger partial charge on any atom is -0.494 e. The number of rotatable bonds is 6. The summed E-state index contributed by atoms with van der Waals surface area (Å²) in [6.07, 6.45) is -4.39. The first-order valence-electron chi connectivity index (χ1n) is 13.0. The Hall–Kier alpha value is -4.20. The lowest BCUT2D eigenvalue weighted by Crippen LogP contribution is -2.49. The van der Waals surface area contributed by atoms with Crippen LogP contribution in [0.3, 0.4) is 0 Å². The number of piperazine rings is 1. The minimum atomic E-state index is -4.39.